The number of amides is 1. The van der Waals surface area contributed by atoms with Crippen molar-refractivity contribution in [2.75, 3.05) is 24.3 Å². The van der Waals surface area contributed by atoms with Gasteiger partial charge in [0.2, 0.25) is 0 Å². The minimum absolute atomic E-state index is 0.275. The van der Waals surface area contributed by atoms with E-state index in [4.69, 9.17) is 4.74 Å². The molecular formula is C22H24N4O2. The maximum Gasteiger partial charge on any atom is 0.274 e. The van der Waals surface area contributed by atoms with Gasteiger partial charge in [-0.1, -0.05) is 30.3 Å². The van der Waals surface area contributed by atoms with Crippen molar-refractivity contribution in [2.24, 2.45) is 0 Å². The van der Waals surface area contributed by atoms with Crippen LogP contribution in [-0.4, -0.2) is 29.5 Å². The van der Waals surface area contributed by atoms with Gasteiger partial charge in [0.25, 0.3) is 5.91 Å². The molecule has 0 spiro atoms. The smallest absolute Gasteiger partial charge is 0.274 e. The molecule has 28 heavy (non-hydrogen) atoms. The highest BCUT2D eigenvalue weighted by molar-refractivity contribution is 6.03. The van der Waals surface area contributed by atoms with Crippen molar-refractivity contribution in [3.8, 4) is 5.75 Å². The monoisotopic (exact) mass is 376 g/mol. The number of hydrogen-bond acceptors (Lipinski definition) is 5. The Balaban J connectivity index is 1.57. The van der Waals surface area contributed by atoms with E-state index in [0.717, 1.165) is 25.1 Å². The van der Waals surface area contributed by atoms with E-state index < -0.39 is 0 Å². The number of aryl methyl sites for hydroxylation is 2. The maximum absolute atomic E-state index is 12.5. The minimum atomic E-state index is -0.275. The highest BCUT2D eigenvalue weighted by Gasteiger charge is 2.11. The summed E-state index contributed by atoms with van der Waals surface area (Å²) in [6.07, 6.45) is 1.96. The Labute approximate surface area is 165 Å². The van der Waals surface area contributed by atoms with Gasteiger partial charge in [-0.05, 0) is 49.6 Å². The summed E-state index contributed by atoms with van der Waals surface area (Å²) >= 11 is 0. The van der Waals surface area contributed by atoms with Gasteiger partial charge in [-0.2, -0.15) is 0 Å². The first-order chi connectivity index (χ1) is 13.6. The zero-order valence-electron chi connectivity index (χ0n) is 16.1. The highest BCUT2D eigenvalue weighted by Crippen LogP contribution is 2.16. The Kier molecular flexibility index (Phi) is 6.57. The maximum atomic E-state index is 12.5. The van der Waals surface area contributed by atoms with Crippen molar-refractivity contribution in [2.45, 2.75) is 19.8 Å². The molecule has 0 fully saturated rings. The zero-order valence-corrected chi connectivity index (χ0v) is 16.1. The summed E-state index contributed by atoms with van der Waals surface area (Å²) in [5.41, 5.74) is 2.32. The number of nitrogens with one attached hydrogen (secondary N) is 2. The Hall–Kier alpha value is -3.41. The lowest BCUT2D eigenvalue weighted by molar-refractivity contribution is 0.102. The second kappa shape index (κ2) is 9.50. The molecule has 144 valence electrons. The number of hydrogen-bond donors (Lipinski definition) is 2. The Morgan fingerprint density at radius 1 is 1.04 bits per heavy atom. The molecule has 0 bridgehead atoms. The summed E-state index contributed by atoms with van der Waals surface area (Å²) in [6.45, 7) is 2.55. The molecule has 6 heteroatoms. The van der Waals surface area contributed by atoms with Crippen LogP contribution in [0, 0.1) is 6.92 Å². The van der Waals surface area contributed by atoms with Gasteiger partial charge in [-0.25, -0.2) is 9.97 Å². The Morgan fingerprint density at radius 2 is 1.79 bits per heavy atom. The van der Waals surface area contributed by atoms with E-state index in [1.54, 1.807) is 44.4 Å². The molecule has 1 aromatic heterocycles. The number of benzene rings is 2. The summed E-state index contributed by atoms with van der Waals surface area (Å²) in [6, 6.07) is 19.2. The lowest BCUT2D eigenvalue weighted by Crippen LogP contribution is -2.16. The predicted molar refractivity (Wildman–Crippen MR) is 111 cm³/mol. The van der Waals surface area contributed by atoms with Crippen LogP contribution >= 0.6 is 0 Å². The first-order valence-corrected chi connectivity index (χ1v) is 9.23. The van der Waals surface area contributed by atoms with Crippen LogP contribution in [-0.2, 0) is 6.42 Å². The number of methoxy groups -OCH3 is 1. The van der Waals surface area contributed by atoms with E-state index in [-0.39, 0.29) is 5.91 Å². The summed E-state index contributed by atoms with van der Waals surface area (Å²) in [5, 5.41) is 6.12. The average molecular weight is 376 g/mol. The number of ether oxygens (including phenoxy) is 1. The zero-order chi connectivity index (χ0) is 19.8. The van der Waals surface area contributed by atoms with Crippen molar-refractivity contribution in [3.63, 3.8) is 0 Å². The second-order valence-electron chi connectivity index (χ2n) is 6.38. The average Bonchev–Trinajstić information content (AvgIpc) is 2.72. The third-order valence-electron chi connectivity index (χ3n) is 4.21. The molecular weight excluding hydrogens is 352 g/mol. The van der Waals surface area contributed by atoms with E-state index in [0.29, 0.717) is 23.0 Å². The van der Waals surface area contributed by atoms with Gasteiger partial charge in [0.15, 0.2) is 0 Å². The quantitative estimate of drug-likeness (QED) is 0.579. The van der Waals surface area contributed by atoms with E-state index in [2.05, 4.69) is 32.7 Å². The summed E-state index contributed by atoms with van der Waals surface area (Å²) in [7, 11) is 1.60. The lowest BCUT2D eigenvalue weighted by atomic mass is 10.1. The van der Waals surface area contributed by atoms with Crippen LogP contribution in [0.25, 0.3) is 0 Å². The molecule has 0 saturated heterocycles. The van der Waals surface area contributed by atoms with Crippen molar-refractivity contribution in [1.82, 2.24) is 9.97 Å². The van der Waals surface area contributed by atoms with E-state index >= 15 is 0 Å². The van der Waals surface area contributed by atoms with Gasteiger partial charge in [-0.15, -0.1) is 0 Å². The van der Waals surface area contributed by atoms with Gasteiger partial charge in [0, 0.05) is 18.3 Å². The van der Waals surface area contributed by atoms with Crippen LogP contribution in [0.1, 0.15) is 28.3 Å². The Bertz CT molecular complexity index is 912. The fraction of sp³-hybridized carbons (Fsp3) is 0.227. The topological polar surface area (TPSA) is 76.1 Å². The fourth-order valence-corrected chi connectivity index (χ4v) is 2.80. The molecule has 2 N–H and O–H groups in total. The molecule has 3 rings (SSSR count). The van der Waals surface area contributed by atoms with E-state index in [1.165, 1.54) is 5.56 Å². The van der Waals surface area contributed by atoms with Gasteiger partial charge < -0.3 is 15.4 Å². The SMILES string of the molecule is COc1ccc(NC(=O)c2cc(NCCCc3ccccc3)nc(C)n2)cc1. The molecule has 0 unspecified atom stereocenters. The third-order valence-corrected chi connectivity index (χ3v) is 4.21. The van der Waals surface area contributed by atoms with Crippen molar-refractivity contribution in [1.29, 1.82) is 0 Å². The molecule has 0 aliphatic rings. The van der Waals surface area contributed by atoms with Gasteiger partial charge in [0.1, 0.15) is 23.1 Å². The number of carbonyl (C=O) groups is 1. The molecule has 0 atom stereocenters. The minimum Gasteiger partial charge on any atom is -0.497 e. The standard InChI is InChI=1S/C22H24N4O2/c1-16-24-20(22(27)26-18-10-12-19(28-2)13-11-18)15-21(25-16)23-14-6-9-17-7-4-3-5-8-17/h3-5,7-8,10-13,15H,6,9,14H2,1-2H3,(H,26,27)(H,23,24,25). The van der Waals surface area contributed by atoms with Crippen LogP contribution in [0.5, 0.6) is 5.75 Å². The van der Waals surface area contributed by atoms with Crippen molar-refractivity contribution < 1.29 is 9.53 Å². The largest absolute Gasteiger partial charge is 0.497 e. The summed E-state index contributed by atoms with van der Waals surface area (Å²) < 4.78 is 5.12. The lowest BCUT2D eigenvalue weighted by Gasteiger charge is -2.10. The predicted octanol–water partition coefficient (Wildman–Crippen LogP) is 4.09. The second-order valence-corrected chi connectivity index (χ2v) is 6.38. The van der Waals surface area contributed by atoms with Crippen LogP contribution in [0.4, 0.5) is 11.5 Å². The van der Waals surface area contributed by atoms with Crippen LogP contribution in [0.3, 0.4) is 0 Å². The molecule has 1 amide bonds. The van der Waals surface area contributed by atoms with Crippen LogP contribution in [0.15, 0.2) is 60.7 Å². The van der Waals surface area contributed by atoms with Gasteiger partial charge in [0.05, 0.1) is 7.11 Å². The molecule has 0 radical (unpaired) electrons. The number of nitrogens with zero attached hydrogens (tertiary/aromatic N) is 2. The third kappa shape index (κ3) is 5.54. The summed E-state index contributed by atoms with van der Waals surface area (Å²) in [5.74, 6) is 1.66. The van der Waals surface area contributed by atoms with E-state index in [9.17, 15) is 4.79 Å². The molecule has 0 aliphatic heterocycles. The molecule has 6 nitrogen and oxygen atoms in total. The van der Waals surface area contributed by atoms with Crippen LogP contribution in [0.2, 0.25) is 0 Å². The molecule has 0 saturated carbocycles. The number of aromatic nitrogens is 2. The fourth-order valence-electron chi connectivity index (χ4n) is 2.80. The first kappa shape index (κ1) is 19.4. The van der Waals surface area contributed by atoms with E-state index in [1.807, 2.05) is 18.2 Å². The molecule has 2 aromatic carbocycles. The number of carbonyl (C=O) groups excluding carboxylic acids is 1. The van der Waals surface area contributed by atoms with Crippen molar-refractivity contribution in [3.05, 3.63) is 77.7 Å². The molecule has 3 aromatic rings. The van der Waals surface area contributed by atoms with Gasteiger partial charge >= 0.3 is 0 Å². The Morgan fingerprint density at radius 3 is 2.50 bits per heavy atom. The van der Waals surface area contributed by atoms with Crippen LogP contribution < -0.4 is 15.4 Å². The molecule has 0 aliphatic carbocycles. The first-order valence-electron chi connectivity index (χ1n) is 9.23. The van der Waals surface area contributed by atoms with Crippen molar-refractivity contribution >= 4 is 17.4 Å². The number of anilines is 2. The number of rotatable bonds is 8. The normalized spacial score (nSPS) is 10.4. The molecule has 1 heterocycles. The van der Waals surface area contributed by atoms with Gasteiger partial charge in [-0.3, -0.25) is 4.79 Å². The highest BCUT2D eigenvalue weighted by atomic mass is 16.5. The summed E-state index contributed by atoms with van der Waals surface area (Å²) in [4.78, 5) is 21.2.